The van der Waals surface area contributed by atoms with E-state index in [1.54, 1.807) is 19.2 Å². The standard InChI is InChI=1S/C17H26O3/c1-12(2)6-5-8-17(3)9-7-13-10-14(18)11-15(19-4)16(13)20-17/h10-12,18H,5-9H2,1-4H3. The van der Waals surface area contributed by atoms with Crippen molar-refractivity contribution in [2.45, 2.75) is 58.5 Å². The maximum Gasteiger partial charge on any atom is 0.165 e. The Morgan fingerprint density at radius 1 is 1.40 bits per heavy atom. The summed E-state index contributed by atoms with van der Waals surface area (Å²) in [5.74, 6) is 2.42. The van der Waals surface area contributed by atoms with Gasteiger partial charge in [-0.2, -0.15) is 0 Å². The Labute approximate surface area is 121 Å². The lowest BCUT2D eigenvalue weighted by Gasteiger charge is -2.36. The molecule has 0 saturated heterocycles. The van der Waals surface area contributed by atoms with Crippen LogP contribution in [0.15, 0.2) is 12.1 Å². The van der Waals surface area contributed by atoms with Crippen LogP contribution in [0.3, 0.4) is 0 Å². The van der Waals surface area contributed by atoms with Crippen LogP contribution in [0, 0.1) is 5.92 Å². The van der Waals surface area contributed by atoms with Gasteiger partial charge in [0.2, 0.25) is 0 Å². The van der Waals surface area contributed by atoms with E-state index in [1.807, 2.05) is 0 Å². The molecule has 0 spiro atoms. The molecule has 0 aliphatic carbocycles. The fraction of sp³-hybridized carbons (Fsp3) is 0.647. The molecule has 0 radical (unpaired) electrons. The Kier molecular flexibility index (Phi) is 4.46. The van der Waals surface area contributed by atoms with Crippen molar-refractivity contribution in [1.29, 1.82) is 0 Å². The van der Waals surface area contributed by atoms with Gasteiger partial charge < -0.3 is 14.6 Å². The SMILES string of the molecule is COc1cc(O)cc2c1OC(C)(CCCC(C)C)CC2. The summed E-state index contributed by atoms with van der Waals surface area (Å²) in [5.41, 5.74) is 0.926. The van der Waals surface area contributed by atoms with Crippen molar-refractivity contribution in [2.75, 3.05) is 7.11 Å². The highest BCUT2D eigenvalue weighted by Gasteiger charge is 2.33. The number of phenols is 1. The fourth-order valence-corrected chi connectivity index (χ4v) is 2.85. The molecule has 1 atom stereocenters. The first-order valence-corrected chi connectivity index (χ1v) is 7.52. The van der Waals surface area contributed by atoms with Gasteiger partial charge in [0.05, 0.1) is 7.11 Å². The minimum Gasteiger partial charge on any atom is -0.508 e. The molecule has 0 saturated carbocycles. The van der Waals surface area contributed by atoms with Gasteiger partial charge in [0.25, 0.3) is 0 Å². The summed E-state index contributed by atoms with van der Waals surface area (Å²) >= 11 is 0. The van der Waals surface area contributed by atoms with Crippen LogP contribution in [0.25, 0.3) is 0 Å². The number of hydrogen-bond acceptors (Lipinski definition) is 3. The van der Waals surface area contributed by atoms with Crippen molar-refractivity contribution >= 4 is 0 Å². The summed E-state index contributed by atoms with van der Waals surface area (Å²) in [6.45, 7) is 6.69. The van der Waals surface area contributed by atoms with Crippen LogP contribution < -0.4 is 9.47 Å². The van der Waals surface area contributed by atoms with E-state index in [2.05, 4.69) is 20.8 Å². The molecule has 1 unspecified atom stereocenters. The zero-order valence-electron chi connectivity index (χ0n) is 13.0. The molecular formula is C17H26O3. The van der Waals surface area contributed by atoms with Crippen molar-refractivity contribution in [3.05, 3.63) is 17.7 Å². The number of fused-ring (bicyclic) bond motifs is 1. The maximum absolute atomic E-state index is 9.70. The first kappa shape index (κ1) is 15.0. The molecule has 1 N–H and O–H groups in total. The number of aromatic hydroxyl groups is 1. The van der Waals surface area contributed by atoms with Crippen molar-refractivity contribution in [1.82, 2.24) is 0 Å². The molecule has 20 heavy (non-hydrogen) atoms. The molecular weight excluding hydrogens is 252 g/mol. The lowest BCUT2D eigenvalue weighted by molar-refractivity contribution is 0.0493. The molecule has 0 bridgehead atoms. The Morgan fingerprint density at radius 3 is 2.80 bits per heavy atom. The third kappa shape index (κ3) is 3.38. The van der Waals surface area contributed by atoms with E-state index in [1.165, 1.54) is 12.8 Å². The fourth-order valence-electron chi connectivity index (χ4n) is 2.85. The van der Waals surface area contributed by atoms with Gasteiger partial charge in [-0.25, -0.2) is 0 Å². The first-order chi connectivity index (χ1) is 9.43. The second-order valence-corrected chi connectivity index (χ2v) is 6.47. The molecule has 1 aliphatic heterocycles. The van der Waals surface area contributed by atoms with E-state index in [-0.39, 0.29) is 11.4 Å². The predicted molar refractivity (Wildman–Crippen MR) is 80.7 cm³/mol. The smallest absolute Gasteiger partial charge is 0.165 e. The largest absolute Gasteiger partial charge is 0.508 e. The van der Waals surface area contributed by atoms with Gasteiger partial charge in [-0.1, -0.05) is 20.3 Å². The first-order valence-electron chi connectivity index (χ1n) is 7.52. The summed E-state index contributed by atoms with van der Waals surface area (Å²) in [7, 11) is 1.61. The highest BCUT2D eigenvalue weighted by molar-refractivity contribution is 5.52. The molecule has 112 valence electrons. The number of aryl methyl sites for hydroxylation is 1. The van der Waals surface area contributed by atoms with Crippen LogP contribution in [0.4, 0.5) is 0 Å². The van der Waals surface area contributed by atoms with Gasteiger partial charge in [-0.3, -0.25) is 0 Å². The second kappa shape index (κ2) is 5.94. The second-order valence-electron chi connectivity index (χ2n) is 6.47. The lowest BCUT2D eigenvalue weighted by atomic mass is 9.87. The van der Waals surface area contributed by atoms with E-state index in [0.717, 1.165) is 36.5 Å². The van der Waals surface area contributed by atoms with Crippen LogP contribution in [0.5, 0.6) is 17.2 Å². The Balaban J connectivity index is 2.13. The molecule has 1 aromatic carbocycles. The van der Waals surface area contributed by atoms with Crippen LogP contribution in [0.2, 0.25) is 0 Å². The molecule has 1 aliphatic rings. The van der Waals surface area contributed by atoms with E-state index in [4.69, 9.17) is 9.47 Å². The molecule has 1 heterocycles. The van der Waals surface area contributed by atoms with Crippen molar-refractivity contribution in [3.63, 3.8) is 0 Å². The highest BCUT2D eigenvalue weighted by atomic mass is 16.5. The average Bonchev–Trinajstić information content (AvgIpc) is 2.38. The maximum atomic E-state index is 9.70. The van der Waals surface area contributed by atoms with Gasteiger partial charge in [-0.05, 0) is 44.6 Å². The van der Waals surface area contributed by atoms with Gasteiger partial charge >= 0.3 is 0 Å². The third-order valence-corrected chi connectivity index (χ3v) is 4.10. The minimum absolute atomic E-state index is 0.119. The zero-order valence-corrected chi connectivity index (χ0v) is 13.0. The summed E-state index contributed by atoms with van der Waals surface area (Å²) in [6, 6.07) is 3.41. The van der Waals surface area contributed by atoms with E-state index in [0.29, 0.717) is 5.75 Å². The normalized spacial score (nSPS) is 21.4. The number of hydrogen-bond donors (Lipinski definition) is 1. The molecule has 0 aromatic heterocycles. The molecule has 0 fully saturated rings. The molecule has 0 amide bonds. The molecule has 2 rings (SSSR count). The Bertz CT molecular complexity index is 450. The third-order valence-electron chi connectivity index (χ3n) is 4.10. The number of rotatable bonds is 5. The van der Waals surface area contributed by atoms with Gasteiger partial charge in [0.1, 0.15) is 11.4 Å². The lowest BCUT2D eigenvalue weighted by Crippen LogP contribution is -2.36. The summed E-state index contributed by atoms with van der Waals surface area (Å²) in [4.78, 5) is 0. The highest BCUT2D eigenvalue weighted by Crippen LogP contribution is 2.43. The monoisotopic (exact) mass is 278 g/mol. The summed E-state index contributed by atoms with van der Waals surface area (Å²) in [5, 5.41) is 9.70. The number of methoxy groups -OCH3 is 1. The van der Waals surface area contributed by atoms with Crippen LogP contribution in [-0.4, -0.2) is 17.8 Å². The van der Waals surface area contributed by atoms with E-state index in [9.17, 15) is 5.11 Å². The molecule has 3 heteroatoms. The van der Waals surface area contributed by atoms with Gasteiger partial charge in [0, 0.05) is 11.6 Å². The predicted octanol–water partition coefficient (Wildman–Crippen LogP) is 4.31. The van der Waals surface area contributed by atoms with Gasteiger partial charge in [0.15, 0.2) is 11.5 Å². The number of phenolic OH excluding ortho intramolecular Hbond substituents is 1. The van der Waals surface area contributed by atoms with Crippen molar-refractivity contribution in [2.24, 2.45) is 5.92 Å². The molecule has 1 aromatic rings. The van der Waals surface area contributed by atoms with Crippen LogP contribution in [0.1, 0.15) is 52.0 Å². The van der Waals surface area contributed by atoms with Crippen molar-refractivity contribution in [3.8, 4) is 17.2 Å². The van der Waals surface area contributed by atoms with Crippen LogP contribution >= 0.6 is 0 Å². The van der Waals surface area contributed by atoms with E-state index >= 15 is 0 Å². The Morgan fingerprint density at radius 2 is 2.15 bits per heavy atom. The number of benzene rings is 1. The minimum atomic E-state index is -0.119. The quantitative estimate of drug-likeness (QED) is 0.872. The van der Waals surface area contributed by atoms with Gasteiger partial charge in [-0.15, -0.1) is 0 Å². The van der Waals surface area contributed by atoms with Crippen molar-refractivity contribution < 1.29 is 14.6 Å². The topological polar surface area (TPSA) is 38.7 Å². The van der Waals surface area contributed by atoms with Crippen LogP contribution in [-0.2, 0) is 6.42 Å². The zero-order chi connectivity index (χ0) is 14.8. The number of ether oxygens (including phenoxy) is 2. The average molecular weight is 278 g/mol. The molecule has 3 nitrogen and oxygen atoms in total. The van der Waals surface area contributed by atoms with E-state index < -0.39 is 0 Å². The summed E-state index contributed by atoms with van der Waals surface area (Å²) < 4.78 is 11.6. The summed E-state index contributed by atoms with van der Waals surface area (Å²) in [6.07, 6.45) is 5.40. The Hall–Kier alpha value is -1.38.